The molecule has 8 amide bonds. The summed E-state index contributed by atoms with van der Waals surface area (Å²) in [5, 5.41) is 17.7. The number of nitrogens with two attached hydrogens (primary N) is 1. The van der Waals surface area contributed by atoms with E-state index in [9.17, 15) is 53.1 Å². The van der Waals surface area contributed by atoms with E-state index in [1.807, 2.05) is 26.8 Å². The SMILES string of the molecule is COc1cc2cc(c1Cl)N(C)C(=O)C[C@H](OC(=O)[C@H](C)N(C)C(=O)CCN(C)C(=O)OCc1ccc(CC(=O)[C@H](CCCNC(N)=O)NC(=O)C(CC(=S)CCCCCN3C(=O)C=CC3=O)C(C)C)cc1)[C@]1(C)O[C@H]1[C@H](C)[C@@H]1C[C@@](O)(CC(=O)O1)[C@H](OC)/C=C/C=C(\C)C2. The van der Waals surface area contributed by atoms with Gasteiger partial charge in [0.1, 0.15) is 52.9 Å². The van der Waals surface area contributed by atoms with Crippen molar-refractivity contribution in [1.82, 2.24) is 25.3 Å². The van der Waals surface area contributed by atoms with Crippen molar-refractivity contribution in [2.24, 2.45) is 23.5 Å². The molecule has 2 fully saturated rings. The quantitative estimate of drug-likeness (QED) is 0.0167. The standard InChI is InChI=1S/C68H92ClN7O17S/c1-40(2)48(35-47(94)18-13-12-14-29-76-57(79)25-26-58(76)80)63(83)72-49(19-16-28-71-65(70)85)51(77)33-44-21-23-45(24-22-44)39-90-66(86)73(7)30-27-56(78)74(8)43(5)64(84)92-55-36-59(81)75(9)50-32-46(34-52(88-10)61(50)69)31-41(3)17-15-20-54(89-11)68(87)37-53(91-60(82)38-68)42(4)62-67(55,6)93-62/h15,17,20-26,32,34,40,42-43,48-49,53-55,62,87H,12-14,16,18-19,27-31,33,35-39H2,1-11H3,(H,72,83)(H3,70,71,85)/b20-15+,41-17+/t42-,43+,48?,49+,53+,54-,55+,62+,67+,68-/m1/s1. The van der Waals surface area contributed by atoms with E-state index in [-0.39, 0.29) is 86.2 Å². The van der Waals surface area contributed by atoms with Crippen molar-refractivity contribution in [1.29, 1.82) is 0 Å². The Balaban J connectivity index is 1.03. The summed E-state index contributed by atoms with van der Waals surface area (Å²) in [6.07, 6.45) is 6.24. The van der Waals surface area contributed by atoms with Crippen LogP contribution in [0.5, 0.6) is 5.75 Å². The van der Waals surface area contributed by atoms with E-state index >= 15 is 0 Å². The number of anilines is 1. The normalized spacial score (nSPS) is 24.0. The number of esters is 2. The lowest BCUT2D eigenvalue weighted by molar-refractivity contribution is -0.187. The number of amides is 8. The van der Waals surface area contributed by atoms with Crippen LogP contribution in [-0.4, -0.2) is 187 Å². The molecule has 0 spiro atoms. The van der Waals surface area contributed by atoms with Gasteiger partial charge in [0, 0.05) is 91.1 Å². The Kier molecular flexibility index (Phi) is 27.4. The number of Topliss-reactive ketones (excluding diaryl/α,β-unsaturated/α-hetero) is 1. The third kappa shape index (κ3) is 20.5. The molecular formula is C68H92ClN7O17S. The van der Waals surface area contributed by atoms with Crippen molar-refractivity contribution in [3.8, 4) is 5.75 Å². The van der Waals surface area contributed by atoms with Gasteiger partial charge in [0.25, 0.3) is 11.8 Å². The summed E-state index contributed by atoms with van der Waals surface area (Å²) in [5.41, 5.74) is 5.50. The lowest BCUT2D eigenvalue weighted by Crippen LogP contribution is -2.53. The Labute approximate surface area is 560 Å². The van der Waals surface area contributed by atoms with E-state index in [0.717, 1.165) is 24.0 Å². The molecule has 0 aliphatic carbocycles. The van der Waals surface area contributed by atoms with Crippen LogP contribution in [0.4, 0.5) is 15.3 Å². The van der Waals surface area contributed by atoms with Crippen LogP contribution in [0.2, 0.25) is 5.02 Å². The third-order valence-corrected chi connectivity index (χ3v) is 18.8. The number of carbonyl (C=O) groups excluding carboxylic acids is 10. The van der Waals surface area contributed by atoms with Gasteiger partial charge in [0.15, 0.2) is 5.78 Å². The molecule has 0 radical (unpaired) electrons. The van der Waals surface area contributed by atoms with E-state index in [1.54, 1.807) is 62.4 Å². The first kappa shape index (κ1) is 75.4. The number of nitrogens with zero attached hydrogens (tertiary/aromatic N) is 4. The first-order valence-corrected chi connectivity index (χ1v) is 32.6. The van der Waals surface area contributed by atoms with E-state index < -0.39 is 102 Å². The van der Waals surface area contributed by atoms with E-state index in [0.29, 0.717) is 66.1 Å². The largest absolute Gasteiger partial charge is 0.495 e. The van der Waals surface area contributed by atoms with Gasteiger partial charge in [-0.05, 0) is 105 Å². The van der Waals surface area contributed by atoms with Crippen molar-refractivity contribution < 1.29 is 81.5 Å². The maximum Gasteiger partial charge on any atom is 0.409 e. The Morgan fingerprint density at radius 3 is 2.29 bits per heavy atom. The van der Waals surface area contributed by atoms with E-state index in [1.165, 1.54) is 74.0 Å². The predicted molar refractivity (Wildman–Crippen MR) is 353 cm³/mol. The van der Waals surface area contributed by atoms with Crippen molar-refractivity contribution in [2.75, 3.05) is 59.9 Å². The number of allylic oxidation sites excluding steroid dienone is 3. The number of hydrogen-bond acceptors (Lipinski definition) is 18. The molecule has 2 saturated heterocycles. The number of epoxide rings is 1. The molecule has 4 aliphatic rings. The maximum atomic E-state index is 14.5. The molecule has 5 N–H and O–H groups in total. The minimum Gasteiger partial charge on any atom is -0.495 e. The van der Waals surface area contributed by atoms with E-state index in [4.69, 9.17) is 58.0 Å². The second-order valence-corrected chi connectivity index (χ2v) is 26.4. The summed E-state index contributed by atoms with van der Waals surface area (Å²) in [5.74, 6) is -4.66. The van der Waals surface area contributed by atoms with Crippen LogP contribution >= 0.6 is 23.8 Å². The molecule has 2 aromatic carbocycles. The maximum absolute atomic E-state index is 14.5. The van der Waals surface area contributed by atoms with Crippen LogP contribution in [-0.2, 0) is 81.5 Å². The average Bonchev–Trinajstić information content (AvgIpc) is 1.58. The predicted octanol–water partition coefficient (Wildman–Crippen LogP) is 6.99. The van der Waals surface area contributed by atoms with Gasteiger partial charge in [0.2, 0.25) is 17.7 Å². The lowest BCUT2D eigenvalue weighted by atomic mass is 9.78. The molecular weight excluding hydrogens is 1250 g/mol. The number of thiocarbonyl (C=S) groups is 1. The third-order valence-electron chi connectivity index (χ3n) is 18.0. The molecule has 0 saturated carbocycles. The highest BCUT2D eigenvalue weighted by Gasteiger charge is 2.64. The number of aliphatic hydroxyl groups is 1. The number of halogens is 1. The summed E-state index contributed by atoms with van der Waals surface area (Å²) in [6, 6.07) is 7.54. The number of ether oxygens (including phenoxy) is 6. The zero-order chi connectivity index (χ0) is 69.4. The molecule has 514 valence electrons. The van der Waals surface area contributed by atoms with Crippen molar-refractivity contribution in [3.63, 3.8) is 0 Å². The number of benzene rings is 2. The molecule has 1 unspecified atom stereocenters. The second kappa shape index (κ2) is 34.2. The van der Waals surface area contributed by atoms with Gasteiger partial charge in [-0.2, -0.15) is 0 Å². The molecule has 24 nitrogen and oxygen atoms in total. The minimum absolute atomic E-state index is 0.0121. The van der Waals surface area contributed by atoms with Crippen LogP contribution in [0.25, 0.3) is 0 Å². The number of rotatable bonds is 28. The highest BCUT2D eigenvalue weighted by atomic mass is 35.5. The minimum atomic E-state index is -1.66. The Bertz CT molecular complexity index is 3210. The molecule has 4 bridgehead atoms. The number of fused-ring (bicyclic) bond motifs is 5. The summed E-state index contributed by atoms with van der Waals surface area (Å²) < 4.78 is 35.3. The zero-order valence-electron chi connectivity index (χ0n) is 55.7. The number of unbranched alkanes of at least 4 members (excludes halogenated alkanes) is 2. The smallest absolute Gasteiger partial charge is 0.409 e. The van der Waals surface area contributed by atoms with Gasteiger partial charge in [-0.15, -0.1) is 0 Å². The number of ketones is 1. The fraction of sp³-hybridized carbons (Fsp3) is 0.574. The highest BCUT2D eigenvalue weighted by Crippen LogP contribution is 2.50. The first-order chi connectivity index (χ1) is 44.4. The summed E-state index contributed by atoms with van der Waals surface area (Å²) in [7, 11) is 7.31. The molecule has 6 rings (SSSR count). The number of urea groups is 1. The molecule has 10 atom stereocenters. The van der Waals surface area contributed by atoms with Gasteiger partial charge < -0.3 is 64.6 Å². The molecule has 2 aromatic rings. The number of carbonyl (C=O) groups is 10. The Hall–Kier alpha value is -7.58. The van der Waals surface area contributed by atoms with Crippen LogP contribution in [0.15, 0.2) is 72.4 Å². The zero-order valence-corrected chi connectivity index (χ0v) is 57.3. The Morgan fingerprint density at radius 2 is 1.64 bits per heavy atom. The van der Waals surface area contributed by atoms with Gasteiger partial charge >= 0.3 is 24.1 Å². The summed E-state index contributed by atoms with van der Waals surface area (Å²) in [6.45, 7) is 10.9. The fourth-order valence-corrected chi connectivity index (χ4v) is 12.5. The second-order valence-electron chi connectivity index (χ2n) is 25.5. The topological polar surface area (TPSA) is 313 Å². The molecule has 94 heavy (non-hydrogen) atoms. The number of nitrogens with one attached hydrogen (secondary N) is 2. The number of primary amides is 1. The van der Waals surface area contributed by atoms with Gasteiger partial charge in [0.05, 0.1) is 37.8 Å². The lowest BCUT2D eigenvalue weighted by Gasteiger charge is -2.41. The number of hydrogen-bond donors (Lipinski definition) is 4. The fourth-order valence-electron chi connectivity index (χ4n) is 11.8. The highest BCUT2D eigenvalue weighted by molar-refractivity contribution is 7.80. The van der Waals surface area contributed by atoms with Gasteiger partial charge in [-0.1, -0.05) is 99.1 Å². The van der Waals surface area contributed by atoms with Crippen LogP contribution in [0.1, 0.15) is 129 Å². The Morgan fingerprint density at radius 1 is 0.957 bits per heavy atom. The number of imide groups is 1. The summed E-state index contributed by atoms with van der Waals surface area (Å²) >= 11 is 12.5. The van der Waals surface area contributed by atoms with Crippen molar-refractivity contribution >= 4 is 93.8 Å². The molecule has 26 heteroatoms. The molecule has 4 aliphatic heterocycles. The molecule has 0 aromatic heterocycles. The molecule has 4 heterocycles. The van der Waals surface area contributed by atoms with Crippen molar-refractivity contribution in [2.45, 2.75) is 179 Å². The number of methoxy groups -OCH3 is 2. The van der Waals surface area contributed by atoms with Crippen LogP contribution in [0.3, 0.4) is 0 Å². The van der Waals surface area contributed by atoms with Gasteiger partial charge in [-0.3, -0.25) is 38.5 Å². The van der Waals surface area contributed by atoms with E-state index in [2.05, 4.69) is 10.6 Å². The average molecular weight is 1350 g/mol. The number of likely N-dealkylation sites (N-methyl/N-ethyl adjacent to an activating group) is 1. The van der Waals surface area contributed by atoms with Crippen LogP contribution in [0, 0.1) is 17.8 Å². The monoisotopic (exact) mass is 1350 g/mol. The first-order valence-electron chi connectivity index (χ1n) is 31.8. The van der Waals surface area contributed by atoms with Crippen LogP contribution < -0.4 is 26.0 Å². The van der Waals surface area contributed by atoms with Gasteiger partial charge in [-0.25, -0.2) is 14.4 Å². The van der Waals surface area contributed by atoms with Crippen molar-refractivity contribution in [3.05, 3.63) is 94.1 Å². The summed E-state index contributed by atoms with van der Waals surface area (Å²) in [4.78, 5) is 137.